The Hall–Kier alpha value is -3.58. The van der Waals surface area contributed by atoms with Crippen LogP contribution in [-0.4, -0.2) is 35.5 Å². The van der Waals surface area contributed by atoms with Gasteiger partial charge in [-0.05, 0) is 42.0 Å². The Balaban J connectivity index is 1.55. The van der Waals surface area contributed by atoms with E-state index in [1.54, 1.807) is 11.4 Å². The smallest absolute Gasteiger partial charge is 0.350 e. The number of nitrogens with one attached hydrogen (secondary N) is 2. The Kier molecular flexibility index (Phi) is 5.19. The molecule has 1 unspecified atom stereocenters. The van der Waals surface area contributed by atoms with Gasteiger partial charge in [0.25, 0.3) is 0 Å². The highest BCUT2D eigenvalue weighted by atomic mass is 32.1. The van der Waals surface area contributed by atoms with Crippen LogP contribution in [0.15, 0.2) is 60.0 Å². The molecule has 5 rings (SSSR count). The summed E-state index contributed by atoms with van der Waals surface area (Å²) in [6.45, 7) is 2.62. The van der Waals surface area contributed by atoms with Crippen molar-refractivity contribution in [3.8, 4) is 0 Å². The minimum absolute atomic E-state index is 0.247. The number of hydrogen-bond acceptors (Lipinski definition) is 4. The molecule has 2 N–H and O–H groups in total. The van der Waals surface area contributed by atoms with E-state index in [-0.39, 0.29) is 12.1 Å². The molecule has 32 heavy (non-hydrogen) atoms. The third kappa shape index (κ3) is 3.44. The van der Waals surface area contributed by atoms with E-state index >= 15 is 0 Å². The van der Waals surface area contributed by atoms with Crippen LogP contribution in [0, 0.1) is 6.92 Å². The minimum Gasteiger partial charge on any atom is -0.465 e. The first kappa shape index (κ1) is 20.3. The number of thiophene rings is 1. The summed E-state index contributed by atoms with van der Waals surface area (Å²) < 4.78 is 4.85. The van der Waals surface area contributed by atoms with Crippen LogP contribution in [0.4, 0.5) is 10.5 Å². The molecule has 2 amide bonds. The van der Waals surface area contributed by atoms with Gasteiger partial charge in [0.2, 0.25) is 0 Å². The average molecular weight is 446 g/mol. The van der Waals surface area contributed by atoms with Gasteiger partial charge in [-0.1, -0.05) is 48.0 Å². The molecule has 1 aliphatic rings. The van der Waals surface area contributed by atoms with E-state index in [9.17, 15) is 9.59 Å². The maximum absolute atomic E-state index is 13.5. The molecule has 0 fully saturated rings. The number of anilines is 1. The van der Waals surface area contributed by atoms with E-state index in [1.807, 2.05) is 17.0 Å². The van der Waals surface area contributed by atoms with Crippen LogP contribution in [-0.2, 0) is 11.2 Å². The number of carbonyl (C=O) groups is 2. The van der Waals surface area contributed by atoms with Crippen LogP contribution in [0.1, 0.15) is 38.1 Å². The van der Waals surface area contributed by atoms with Gasteiger partial charge in [0, 0.05) is 23.1 Å². The number of carbonyl (C=O) groups excluding carboxylic acids is 2. The molecule has 2 aromatic carbocycles. The number of urea groups is 1. The van der Waals surface area contributed by atoms with Gasteiger partial charge in [0.15, 0.2) is 0 Å². The topological polar surface area (TPSA) is 74.4 Å². The number of esters is 1. The molecule has 6 nitrogen and oxygen atoms in total. The molecule has 4 aromatic rings. The van der Waals surface area contributed by atoms with Crippen molar-refractivity contribution in [3.63, 3.8) is 0 Å². The predicted octanol–water partition coefficient (Wildman–Crippen LogP) is 5.50. The molecule has 162 valence electrons. The number of ether oxygens (including phenoxy) is 1. The maximum Gasteiger partial charge on any atom is 0.350 e. The predicted molar refractivity (Wildman–Crippen MR) is 126 cm³/mol. The summed E-state index contributed by atoms with van der Waals surface area (Å²) in [6.07, 6.45) is 0.753. The standard InChI is InChI=1S/C25H23N3O3S/c1-15-7-9-16(10-8-15)22-21-18(17-5-3-4-6-19(17)26-21)11-13-28(22)25(30)27-20-12-14-32-23(20)24(29)31-2/h3-10,12,14,22,26H,11,13H2,1-2H3,(H,27,30). The molecular formula is C25H23N3O3S. The lowest BCUT2D eigenvalue weighted by Crippen LogP contribution is -2.43. The van der Waals surface area contributed by atoms with Crippen molar-refractivity contribution in [2.75, 3.05) is 19.0 Å². The summed E-state index contributed by atoms with van der Waals surface area (Å²) >= 11 is 1.25. The summed E-state index contributed by atoms with van der Waals surface area (Å²) in [7, 11) is 1.34. The van der Waals surface area contributed by atoms with E-state index in [0.717, 1.165) is 23.2 Å². The molecular weight excluding hydrogens is 422 g/mol. The number of aromatic amines is 1. The molecule has 0 bridgehead atoms. The summed E-state index contributed by atoms with van der Waals surface area (Å²) in [5.74, 6) is -0.457. The Morgan fingerprint density at radius 2 is 1.91 bits per heavy atom. The number of hydrogen-bond donors (Lipinski definition) is 2. The zero-order valence-corrected chi connectivity index (χ0v) is 18.7. The van der Waals surface area contributed by atoms with Gasteiger partial charge in [0.05, 0.1) is 18.8 Å². The zero-order chi connectivity index (χ0) is 22.2. The van der Waals surface area contributed by atoms with Crippen molar-refractivity contribution in [2.24, 2.45) is 0 Å². The van der Waals surface area contributed by atoms with Crippen molar-refractivity contribution in [1.29, 1.82) is 0 Å². The molecule has 0 spiro atoms. The second-order valence-electron chi connectivity index (χ2n) is 7.90. The fourth-order valence-electron chi connectivity index (χ4n) is 4.40. The fourth-order valence-corrected chi connectivity index (χ4v) is 5.17. The average Bonchev–Trinajstić information content (AvgIpc) is 3.43. The number of benzene rings is 2. The highest BCUT2D eigenvalue weighted by Crippen LogP contribution is 2.39. The number of methoxy groups -OCH3 is 1. The van der Waals surface area contributed by atoms with Crippen molar-refractivity contribution >= 4 is 39.9 Å². The zero-order valence-electron chi connectivity index (χ0n) is 17.8. The quantitative estimate of drug-likeness (QED) is 0.409. The van der Waals surface area contributed by atoms with Crippen LogP contribution in [0.3, 0.4) is 0 Å². The van der Waals surface area contributed by atoms with Gasteiger partial charge in [0.1, 0.15) is 4.88 Å². The molecule has 0 aliphatic carbocycles. The molecule has 0 saturated heterocycles. The number of aromatic nitrogens is 1. The second-order valence-corrected chi connectivity index (χ2v) is 8.82. The first-order chi connectivity index (χ1) is 15.6. The Morgan fingerprint density at radius 1 is 1.12 bits per heavy atom. The fraction of sp³-hybridized carbons (Fsp3) is 0.200. The first-order valence-corrected chi connectivity index (χ1v) is 11.3. The van der Waals surface area contributed by atoms with Crippen LogP contribution >= 0.6 is 11.3 Å². The van der Waals surface area contributed by atoms with E-state index in [2.05, 4.69) is 53.6 Å². The molecule has 0 radical (unpaired) electrons. The minimum atomic E-state index is -0.457. The lowest BCUT2D eigenvalue weighted by Gasteiger charge is -2.36. The van der Waals surface area contributed by atoms with Crippen LogP contribution in [0.5, 0.6) is 0 Å². The van der Waals surface area contributed by atoms with E-state index < -0.39 is 5.97 Å². The van der Waals surface area contributed by atoms with Crippen LogP contribution < -0.4 is 5.32 Å². The van der Waals surface area contributed by atoms with Crippen LogP contribution in [0.25, 0.3) is 10.9 Å². The molecule has 0 saturated carbocycles. The molecule has 1 aliphatic heterocycles. The van der Waals surface area contributed by atoms with Gasteiger partial charge in [-0.15, -0.1) is 11.3 Å². The second kappa shape index (κ2) is 8.16. The number of aryl methyl sites for hydroxylation is 1. The van der Waals surface area contributed by atoms with Gasteiger partial charge in [-0.25, -0.2) is 9.59 Å². The van der Waals surface area contributed by atoms with Crippen molar-refractivity contribution in [1.82, 2.24) is 9.88 Å². The van der Waals surface area contributed by atoms with E-state index in [0.29, 0.717) is 17.1 Å². The highest BCUT2D eigenvalue weighted by molar-refractivity contribution is 7.12. The van der Waals surface area contributed by atoms with Gasteiger partial charge in [-0.3, -0.25) is 0 Å². The largest absolute Gasteiger partial charge is 0.465 e. The van der Waals surface area contributed by atoms with Crippen LogP contribution in [0.2, 0.25) is 0 Å². The maximum atomic E-state index is 13.5. The molecule has 1 atom stereocenters. The number of fused-ring (bicyclic) bond motifs is 3. The monoisotopic (exact) mass is 445 g/mol. The molecule has 7 heteroatoms. The first-order valence-electron chi connectivity index (χ1n) is 10.5. The highest BCUT2D eigenvalue weighted by Gasteiger charge is 2.35. The number of amides is 2. The summed E-state index contributed by atoms with van der Waals surface area (Å²) in [6, 6.07) is 17.8. The SMILES string of the molecule is COC(=O)c1sccc1NC(=O)N1CCc2c([nH]c3ccccc23)C1c1ccc(C)cc1. The Labute approximate surface area is 189 Å². The third-order valence-corrected chi connectivity index (χ3v) is 6.86. The van der Waals surface area contributed by atoms with Gasteiger partial charge < -0.3 is 19.9 Å². The van der Waals surface area contributed by atoms with Crippen molar-refractivity contribution in [3.05, 3.63) is 87.2 Å². The Morgan fingerprint density at radius 3 is 2.69 bits per heavy atom. The number of nitrogens with zero attached hydrogens (tertiary/aromatic N) is 1. The summed E-state index contributed by atoms with van der Waals surface area (Å²) in [5, 5.41) is 5.90. The van der Waals surface area contributed by atoms with Crippen molar-refractivity contribution in [2.45, 2.75) is 19.4 Å². The van der Waals surface area contributed by atoms with E-state index in [4.69, 9.17) is 4.74 Å². The lowest BCUT2D eigenvalue weighted by molar-refractivity contribution is 0.0607. The normalized spacial score (nSPS) is 15.4. The van der Waals surface area contributed by atoms with Gasteiger partial charge in [-0.2, -0.15) is 0 Å². The molecule has 2 aromatic heterocycles. The number of para-hydroxylation sites is 1. The summed E-state index contributed by atoms with van der Waals surface area (Å²) in [4.78, 5) is 31.3. The van der Waals surface area contributed by atoms with Crippen molar-refractivity contribution < 1.29 is 14.3 Å². The Bertz CT molecular complexity index is 1310. The molecule has 3 heterocycles. The van der Waals surface area contributed by atoms with Gasteiger partial charge >= 0.3 is 12.0 Å². The van der Waals surface area contributed by atoms with E-state index in [1.165, 1.54) is 35.0 Å². The number of H-pyrrole nitrogens is 1. The summed E-state index contributed by atoms with van der Waals surface area (Å²) in [5.41, 5.74) is 6.03. The number of rotatable bonds is 3. The third-order valence-electron chi connectivity index (χ3n) is 5.97. The lowest BCUT2D eigenvalue weighted by atomic mass is 9.92.